The molecule has 1 atom stereocenters. The van der Waals surface area contributed by atoms with Crippen LogP contribution >= 0.6 is 0 Å². The van der Waals surface area contributed by atoms with Crippen molar-refractivity contribution < 1.29 is 0 Å². The van der Waals surface area contributed by atoms with E-state index in [1.807, 2.05) is 12.4 Å². The lowest BCUT2D eigenvalue weighted by Gasteiger charge is -2.23. The van der Waals surface area contributed by atoms with Crippen molar-refractivity contribution in [3.8, 4) is 0 Å². The summed E-state index contributed by atoms with van der Waals surface area (Å²) in [4.78, 5) is 4.27. The fourth-order valence-electron chi connectivity index (χ4n) is 2.60. The van der Waals surface area contributed by atoms with Gasteiger partial charge in [-0.15, -0.1) is 0 Å². The number of hydrogen-bond acceptors (Lipinski definition) is 2. The molecule has 2 nitrogen and oxygen atoms in total. The smallest absolute Gasteiger partial charge is 0.0583 e. The van der Waals surface area contributed by atoms with Crippen LogP contribution in [0.25, 0.3) is 0 Å². The largest absolute Gasteiger partial charge is 0.306 e. The maximum atomic E-state index is 4.27. The molecule has 0 aliphatic rings. The predicted octanol–water partition coefficient (Wildman–Crippen LogP) is 4.04. The second-order valence-electron chi connectivity index (χ2n) is 5.17. The van der Waals surface area contributed by atoms with Crippen LogP contribution in [0.3, 0.4) is 0 Å². The Labute approximate surface area is 122 Å². The first-order valence-corrected chi connectivity index (χ1v) is 7.49. The number of rotatable bonds is 6. The quantitative estimate of drug-likeness (QED) is 0.855. The second kappa shape index (κ2) is 7.20. The molecule has 0 amide bonds. The van der Waals surface area contributed by atoms with Gasteiger partial charge in [-0.25, -0.2) is 0 Å². The topological polar surface area (TPSA) is 24.9 Å². The van der Waals surface area contributed by atoms with Crippen molar-refractivity contribution in [1.82, 2.24) is 10.3 Å². The summed E-state index contributed by atoms with van der Waals surface area (Å²) >= 11 is 0. The molecule has 0 aliphatic heterocycles. The third-order valence-corrected chi connectivity index (χ3v) is 3.73. The van der Waals surface area contributed by atoms with Crippen molar-refractivity contribution in [3.63, 3.8) is 0 Å². The third kappa shape index (κ3) is 3.26. The van der Waals surface area contributed by atoms with Crippen LogP contribution in [0.2, 0.25) is 0 Å². The molecular weight excluding hydrogens is 244 g/mol. The highest BCUT2D eigenvalue weighted by molar-refractivity contribution is 5.39. The first kappa shape index (κ1) is 14.7. The van der Waals surface area contributed by atoms with Crippen LogP contribution in [-0.2, 0) is 6.42 Å². The van der Waals surface area contributed by atoms with E-state index >= 15 is 0 Å². The Morgan fingerprint density at radius 2 is 1.90 bits per heavy atom. The van der Waals surface area contributed by atoms with E-state index in [9.17, 15) is 0 Å². The Morgan fingerprint density at radius 1 is 1.10 bits per heavy atom. The summed E-state index contributed by atoms with van der Waals surface area (Å²) in [5, 5.41) is 3.69. The molecule has 2 rings (SSSR count). The number of nitrogens with one attached hydrogen (secondary N) is 1. The van der Waals surface area contributed by atoms with Crippen molar-refractivity contribution in [2.75, 3.05) is 6.54 Å². The minimum atomic E-state index is 0.258. The molecule has 1 aromatic carbocycles. The van der Waals surface area contributed by atoms with Crippen LogP contribution in [0.5, 0.6) is 0 Å². The molecule has 1 heterocycles. The minimum absolute atomic E-state index is 0.258. The summed E-state index contributed by atoms with van der Waals surface area (Å²) in [6.07, 6.45) is 6.04. The number of aromatic nitrogens is 1. The van der Waals surface area contributed by atoms with Gasteiger partial charge in [-0.05, 0) is 54.6 Å². The van der Waals surface area contributed by atoms with Crippen molar-refractivity contribution in [1.29, 1.82) is 0 Å². The Morgan fingerprint density at radius 3 is 2.60 bits per heavy atom. The van der Waals surface area contributed by atoms with Crippen molar-refractivity contribution in [2.24, 2.45) is 0 Å². The summed E-state index contributed by atoms with van der Waals surface area (Å²) < 4.78 is 0. The molecule has 2 heteroatoms. The van der Waals surface area contributed by atoms with Crippen molar-refractivity contribution in [2.45, 2.75) is 39.7 Å². The second-order valence-corrected chi connectivity index (χ2v) is 5.17. The molecular formula is C18H24N2. The van der Waals surface area contributed by atoms with Gasteiger partial charge in [-0.2, -0.15) is 0 Å². The lowest BCUT2D eigenvalue weighted by Crippen LogP contribution is -2.25. The first-order valence-electron chi connectivity index (χ1n) is 7.49. The number of benzene rings is 1. The molecule has 20 heavy (non-hydrogen) atoms. The number of hydrogen-bond donors (Lipinski definition) is 1. The van der Waals surface area contributed by atoms with Crippen LogP contribution in [0.15, 0.2) is 42.7 Å². The summed E-state index contributed by atoms with van der Waals surface area (Å²) in [5.74, 6) is 0. The fourth-order valence-corrected chi connectivity index (χ4v) is 2.60. The van der Waals surface area contributed by atoms with Gasteiger partial charge in [0.15, 0.2) is 0 Å². The molecule has 0 saturated heterocycles. The number of aryl methyl sites for hydroxylation is 2. The van der Waals surface area contributed by atoms with Crippen LogP contribution in [0.4, 0.5) is 0 Å². The van der Waals surface area contributed by atoms with E-state index in [1.165, 1.54) is 22.3 Å². The Hall–Kier alpha value is -1.67. The maximum absolute atomic E-state index is 4.27. The summed E-state index contributed by atoms with van der Waals surface area (Å²) in [5.41, 5.74) is 5.37. The van der Waals surface area contributed by atoms with E-state index in [2.05, 4.69) is 61.4 Å². The molecule has 0 spiro atoms. The summed E-state index contributed by atoms with van der Waals surface area (Å²) in [7, 11) is 0. The van der Waals surface area contributed by atoms with E-state index in [0.717, 1.165) is 19.4 Å². The molecule has 0 bridgehead atoms. The summed E-state index contributed by atoms with van der Waals surface area (Å²) in [6.45, 7) is 7.59. The molecule has 0 saturated carbocycles. The highest BCUT2D eigenvalue weighted by Gasteiger charge is 2.17. The SMILES string of the molecule is CCCNC(c1ccccc1C)c1ccncc1CC. The maximum Gasteiger partial charge on any atom is 0.0583 e. The predicted molar refractivity (Wildman–Crippen MR) is 84.9 cm³/mol. The molecule has 1 N–H and O–H groups in total. The third-order valence-electron chi connectivity index (χ3n) is 3.73. The van der Waals surface area contributed by atoms with Crippen LogP contribution < -0.4 is 5.32 Å². The van der Waals surface area contributed by atoms with Gasteiger partial charge < -0.3 is 5.32 Å². The lowest BCUT2D eigenvalue weighted by atomic mass is 9.92. The van der Waals surface area contributed by atoms with Crippen LogP contribution in [0.1, 0.15) is 48.6 Å². The zero-order chi connectivity index (χ0) is 14.4. The Kier molecular flexibility index (Phi) is 5.31. The Bertz CT molecular complexity index is 549. The van der Waals surface area contributed by atoms with Gasteiger partial charge in [-0.1, -0.05) is 38.1 Å². The molecule has 1 aromatic heterocycles. The van der Waals surface area contributed by atoms with Gasteiger partial charge >= 0.3 is 0 Å². The van der Waals surface area contributed by atoms with E-state index in [0.29, 0.717) is 0 Å². The van der Waals surface area contributed by atoms with E-state index in [-0.39, 0.29) is 6.04 Å². The monoisotopic (exact) mass is 268 g/mol. The Balaban J connectivity index is 2.44. The average Bonchev–Trinajstić information content (AvgIpc) is 2.49. The molecule has 2 aromatic rings. The zero-order valence-corrected chi connectivity index (χ0v) is 12.7. The highest BCUT2D eigenvalue weighted by atomic mass is 14.9. The number of pyridine rings is 1. The molecule has 106 valence electrons. The first-order chi connectivity index (χ1) is 9.77. The van der Waals surface area contributed by atoms with Gasteiger partial charge in [0, 0.05) is 12.4 Å². The molecule has 1 unspecified atom stereocenters. The molecule has 0 aliphatic carbocycles. The van der Waals surface area contributed by atoms with Crippen molar-refractivity contribution in [3.05, 3.63) is 65.0 Å². The van der Waals surface area contributed by atoms with Crippen LogP contribution in [0, 0.1) is 6.92 Å². The van der Waals surface area contributed by atoms with E-state index in [1.54, 1.807) is 0 Å². The van der Waals surface area contributed by atoms with Gasteiger partial charge in [0.1, 0.15) is 0 Å². The van der Waals surface area contributed by atoms with E-state index in [4.69, 9.17) is 0 Å². The lowest BCUT2D eigenvalue weighted by molar-refractivity contribution is 0.591. The molecule has 0 radical (unpaired) electrons. The average molecular weight is 268 g/mol. The highest BCUT2D eigenvalue weighted by Crippen LogP contribution is 2.27. The van der Waals surface area contributed by atoms with Gasteiger partial charge in [-0.3, -0.25) is 4.98 Å². The van der Waals surface area contributed by atoms with Gasteiger partial charge in [0.2, 0.25) is 0 Å². The van der Waals surface area contributed by atoms with E-state index < -0.39 is 0 Å². The van der Waals surface area contributed by atoms with Gasteiger partial charge in [0.25, 0.3) is 0 Å². The zero-order valence-electron chi connectivity index (χ0n) is 12.7. The van der Waals surface area contributed by atoms with Crippen molar-refractivity contribution >= 4 is 0 Å². The normalized spacial score (nSPS) is 12.3. The minimum Gasteiger partial charge on any atom is -0.306 e. The van der Waals surface area contributed by atoms with Gasteiger partial charge in [0.05, 0.1) is 6.04 Å². The summed E-state index contributed by atoms with van der Waals surface area (Å²) in [6, 6.07) is 11.0. The standard InChI is InChI=1S/C18H24N2/c1-4-11-20-18(16-9-7-6-8-14(16)3)17-10-12-19-13-15(17)5-2/h6-10,12-13,18,20H,4-5,11H2,1-3H3. The van der Waals surface area contributed by atoms with Crippen LogP contribution in [-0.4, -0.2) is 11.5 Å². The molecule has 0 fully saturated rings. The number of nitrogens with zero attached hydrogens (tertiary/aromatic N) is 1. The fraction of sp³-hybridized carbons (Fsp3) is 0.389.